The number of aliphatic hydroxyl groups excluding tert-OH is 1. The fourth-order valence-corrected chi connectivity index (χ4v) is 4.47. The van der Waals surface area contributed by atoms with E-state index in [-0.39, 0.29) is 37.3 Å². The van der Waals surface area contributed by atoms with Gasteiger partial charge in [0.1, 0.15) is 0 Å². The molecule has 5 heteroatoms. The van der Waals surface area contributed by atoms with Gasteiger partial charge in [0.05, 0.1) is 7.13 Å². The van der Waals surface area contributed by atoms with E-state index in [1.54, 1.807) is 0 Å². The first-order chi connectivity index (χ1) is 15.1. The van der Waals surface area contributed by atoms with Gasteiger partial charge in [0.2, 0.25) is 0 Å². The van der Waals surface area contributed by atoms with Gasteiger partial charge in [-0.15, -0.1) is 23.3 Å². The van der Waals surface area contributed by atoms with Gasteiger partial charge in [-0.3, -0.25) is 9.78 Å². The van der Waals surface area contributed by atoms with E-state index in [0.717, 1.165) is 11.3 Å². The number of carbonyl (C=O) groups excluding carboxylic acids is 1. The molecule has 0 spiro atoms. The standard InChI is InChI=1S/C22H17N2.C5H8O2.Ir/c1-13-10-15-7-9-24-21-16-5-4-14-6-8-23-12-17(14)20(16)22(2,3)18(11-13)19(15)21;1-4(6)3-5(2)7;/h4,6-12H,1-3H3;3,6H,1-2H3;/q-1;;/b;4-3-;/i;3D;. The molecule has 0 atom stereocenters. The normalized spacial score (nSPS) is 14.3. The molecular formula is C27H25IrN2O2-. The Morgan fingerprint density at radius 1 is 1.19 bits per heavy atom. The number of hydrogen-bond acceptors (Lipinski definition) is 4. The van der Waals surface area contributed by atoms with Crippen LogP contribution >= 0.6 is 0 Å². The quantitative estimate of drug-likeness (QED) is 0.159. The van der Waals surface area contributed by atoms with Gasteiger partial charge in [-0.1, -0.05) is 48.4 Å². The summed E-state index contributed by atoms with van der Waals surface area (Å²) >= 11 is 0. The summed E-state index contributed by atoms with van der Waals surface area (Å²) in [5.74, 6) is -0.637. The van der Waals surface area contributed by atoms with Crippen LogP contribution in [0.25, 0.3) is 32.8 Å². The molecule has 0 bridgehead atoms. The van der Waals surface area contributed by atoms with E-state index in [4.69, 9.17) is 11.5 Å². The Morgan fingerprint density at radius 3 is 2.56 bits per heavy atom. The first-order valence-electron chi connectivity index (χ1n) is 10.7. The van der Waals surface area contributed by atoms with Crippen molar-refractivity contribution in [3.63, 3.8) is 0 Å². The Balaban J connectivity index is 0.000000297. The molecule has 2 aromatic carbocycles. The summed E-state index contributed by atoms with van der Waals surface area (Å²) in [6.45, 7) is 9.32. The zero-order valence-corrected chi connectivity index (χ0v) is 21.1. The maximum atomic E-state index is 10.2. The Hall–Kier alpha value is -2.88. The molecule has 2 aromatic heterocycles. The molecule has 0 aliphatic heterocycles. The molecule has 4 aromatic rings. The minimum Gasteiger partial charge on any atom is -0.512 e. The number of aryl methyl sites for hydroxylation is 1. The number of aliphatic hydroxyl groups is 1. The zero-order valence-electron chi connectivity index (χ0n) is 19.7. The zero-order chi connectivity index (χ0) is 23.2. The topological polar surface area (TPSA) is 63.1 Å². The number of allylic oxidation sites excluding steroid dienone is 2. The van der Waals surface area contributed by atoms with Gasteiger partial charge < -0.3 is 10.1 Å². The monoisotopic (exact) mass is 603 g/mol. The van der Waals surface area contributed by atoms with Crippen LogP contribution in [0, 0.1) is 13.0 Å². The number of pyridine rings is 2. The number of aromatic nitrogens is 2. The molecule has 5 rings (SSSR count). The van der Waals surface area contributed by atoms with E-state index in [9.17, 15) is 4.79 Å². The van der Waals surface area contributed by atoms with Crippen LogP contribution < -0.4 is 0 Å². The largest absolute Gasteiger partial charge is 0.512 e. The van der Waals surface area contributed by atoms with Gasteiger partial charge in [-0.2, -0.15) is 0 Å². The second kappa shape index (κ2) is 8.93. The second-order valence-electron chi connectivity index (χ2n) is 8.46. The van der Waals surface area contributed by atoms with Crippen molar-refractivity contribution in [2.45, 2.75) is 40.0 Å². The molecular weight excluding hydrogens is 577 g/mol. The van der Waals surface area contributed by atoms with E-state index in [1.165, 1.54) is 52.1 Å². The van der Waals surface area contributed by atoms with Crippen molar-refractivity contribution in [2.75, 3.05) is 0 Å². The molecule has 0 saturated carbocycles. The fourth-order valence-electron chi connectivity index (χ4n) is 4.47. The molecule has 0 saturated heterocycles. The average Bonchev–Trinajstić information content (AvgIpc) is 2.76. The Bertz CT molecular complexity index is 1420. The van der Waals surface area contributed by atoms with Crippen molar-refractivity contribution in [1.82, 2.24) is 9.97 Å². The summed E-state index contributed by atoms with van der Waals surface area (Å²) in [5, 5.41) is 13.4. The van der Waals surface area contributed by atoms with E-state index in [1.807, 2.05) is 18.6 Å². The molecule has 1 N–H and O–H groups in total. The number of rotatable bonds is 1. The van der Waals surface area contributed by atoms with E-state index < -0.39 is 5.78 Å². The third-order valence-electron chi connectivity index (χ3n) is 5.65. The van der Waals surface area contributed by atoms with E-state index in [2.05, 4.69) is 62.2 Å². The Kier molecular flexibility index (Phi) is 6.23. The van der Waals surface area contributed by atoms with Gasteiger partial charge in [-0.05, 0) is 54.3 Å². The first kappa shape index (κ1) is 22.3. The first-order valence-corrected chi connectivity index (χ1v) is 10.2. The van der Waals surface area contributed by atoms with Gasteiger partial charge in [0.15, 0.2) is 5.78 Å². The minimum atomic E-state index is -0.412. The summed E-state index contributed by atoms with van der Waals surface area (Å²) in [4.78, 5) is 19.3. The van der Waals surface area contributed by atoms with Gasteiger partial charge >= 0.3 is 0 Å². The number of ketones is 1. The molecule has 4 nitrogen and oxygen atoms in total. The number of fused-ring (bicyclic) bond motifs is 4. The van der Waals surface area contributed by atoms with Crippen molar-refractivity contribution >= 4 is 27.3 Å². The Labute approximate surface area is 203 Å². The third kappa shape index (κ3) is 4.11. The SMILES string of the molecule is Cc1cc2c3c(nccc3c1)-c1[c-]cc3ccncc3c1C2(C)C.[2H]/C(C(C)=O)=C(\C)O.[Ir]. The number of hydrogen-bond donors (Lipinski definition) is 1. The van der Waals surface area contributed by atoms with Crippen LogP contribution in [0.2, 0.25) is 0 Å². The van der Waals surface area contributed by atoms with Gasteiger partial charge in [0, 0.05) is 44.7 Å². The number of nitrogens with zero attached hydrogens (tertiary/aromatic N) is 2. The minimum absolute atomic E-state index is 0. The van der Waals surface area contributed by atoms with Crippen molar-refractivity contribution in [3.05, 3.63) is 83.5 Å². The number of benzene rings is 2. The fraction of sp³-hybridized carbons (Fsp3) is 0.222. The van der Waals surface area contributed by atoms with Gasteiger partial charge in [-0.25, -0.2) is 0 Å². The van der Waals surface area contributed by atoms with Crippen LogP contribution in [0.15, 0.2) is 60.7 Å². The molecule has 0 unspecified atom stereocenters. The summed E-state index contributed by atoms with van der Waals surface area (Å²) in [5.41, 5.74) is 5.96. The number of carbonyl (C=O) groups is 1. The molecule has 1 aliphatic carbocycles. The van der Waals surface area contributed by atoms with Crippen LogP contribution in [-0.4, -0.2) is 20.9 Å². The molecule has 32 heavy (non-hydrogen) atoms. The smallest absolute Gasteiger partial charge is 0.155 e. The Morgan fingerprint density at radius 2 is 1.91 bits per heavy atom. The molecule has 2 heterocycles. The van der Waals surface area contributed by atoms with Gasteiger partial charge in [0.25, 0.3) is 0 Å². The van der Waals surface area contributed by atoms with Crippen molar-refractivity contribution in [2.24, 2.45) is 0 Å². The summed E-state index contributed by atoms with van der Waals surface area (Å²) < 4.78 is 6.76. The summed E-state index contributed by atoms with van der Waals surface area (Å²) in [7, 11) is 0. The average molecular weight is 603 g/mol. The van der Waals surface area contributed by atoms with Crippen molar-refractivity contribution in [1.29, 1.82) is 0 Å². The third-order valence-corrected chi connectivity index (χ3v) is 5.65. The second-order valence-corrected chi connectivity index (χ2v) is 8.46. The maximum absolute atomic E-state index is 10.2. The molecule has 1 radical (unpaired) electrons. The van der Waals surface area contributed by atoms with Crippen LogP contribution in [0.3, 0.4) is 0 Å². The van der Waals surface area contributed by atoms with Crippen LogP contribution in [-0.2, 0) is 30.3 Å². The van der Waals surface area contributed by atoms with Crippen molar-refractivity contribution in [3.8, 4) is 11.3 Å². The summed E-state index contributed by atoms with van der Waals surface area (Å²) in [6, 6.07) is 14.0. The molecule has 0 amide bonds. The summed E-state index contributed by atoms with van der Waals surface area (Å²) in [6.07, 6.45) is 5.73. The molecule has 1 aliphatic rings. The van der Waals surface area contributed by atoms with E-state index >= 15 is 0 Å². The van der Waals surface area contributed by atoms with E-state index in [0.29, 0.717) is 0 Å². The van der Waals surface area contributed by atoms with Crippen LogP contribution in [0.5, 0.6) is 0 Å². The van der Waals surface area contributed by atoms with Crippen LogP contribution in [0.1, 0.15) is 45.8 Å². The maximum Gasteiger partial charge on any atom is 0.155 e. The predicted molar refractivity (Wildman–Crippen MR) is 125 cm³/mol. The predicted octanol–water partition coefficient (Wildman–Crippen LogP) is 6.23. The molecule has 0 fully saturated rings. The van der Waals surface area contributed by atoms with Crippen molar-refractivity contribution < 1.29 is 31.4 Å². The molecule has 165 valence electrons. The van der Waals surface area contributed by atoms with Crippen LogP contribution in [0.4, 0.5) is 0 Å².